The molecule has 3 amide bonds. The molecule has 3 saturated carbocycles. The zero-order valence-corrected chi connectivity index (χ0v) is 19.0. The maximum absolute atomic E-state index is 13.3. The molecule has 34 heavy (non-hydrogen) atoms. The molecular formula is C25H24ClF3N2O3. The third-order valence-electron chi connectivity index (χ3n) is 8.68. The molecule has 5 nitrogen and oxygen atoms in total. The van der Waals surface area contributed by atoms with Crippen LogP contribution in [0.15, 0.2) is 30.4 Å². The molecule has 2 bridgehead atoms. The van der Waals surface area contributed by atoms with Crippen molar-refractivity contribution >= 4 is 35.0 Å². The molecule has 1 aromatic carbocycles. The summed E-state index contributed by atoms with van der Waals surface area (Å²) in [4.78, 5) is 40.9. The van der Waals surface area contributed by atoms with Gasteiger partial charge < -0.3 is 5.32 Å². The van der Waals surface area contributed by atoms with Gasteiger partial charge in [-0.3, -0.25) is 19.3 Å². The minimum Gasteiger partial charge on any atom is -0.325 e. The maximum atomic E-state index is 13.3. The Labute approximate surface area is 199 Å². The Morgan fingerprint density at radius 3 is 2.12 bits per heavy atom. The van der Waals surface area contributed by atoms with Crippen molar-refractivity contribution in [2.75, 3.05) is 5.32 Å². The van der Waals surface area contributed by atoms with Gasteiger partial charge in [0, 0.05) is 12.0 Å². The van der Waals surface area contributed by atoms with Crippen molar-refractivity contribution in [1.29, 1.82) is 0 Å². The number of rotatable bonds is 3. The van der Waals surface area contributed by atoms with Gasteiger partial charge in [-0.25, -0.2) is 0 Å². The van der Waals surface area contributed by atoms with Crippen LogP contribution in [0.4, 0.5) is 18.9 Å². The van der Waals surface area contributed by atoms with E-state index in [4.69, 9.17) is 11.6 Å². The molecule has 0 radical (unpaired) electrons. The van der Waals surface area contributed by atoms with E-state index in [1.54, 1.807) is 0 Å². The fraction of sp³-hybridized carbons (Fsp3) is 0.560. The molecule has 0 spiro atoms. The SMILES string of the molecule is O=C(Nc1cc(C(F)(F)F)ccc1Cl)C1CCC(N2C(=O)[C@H]3[C@@H]4C=C[C@@H]([C@H]5C[C@H]45)[C@@H]3C2=O)CC1. The summed E-state index contributed by atoms with van der Waals surface area (Å²) in [5.74, 6) is 0.0983. The second-order valence-electron chi connectivity index (χ2n) is 10.4. The Hall–Kier alpha value is -2.35. The largest absolute Gasteiger partial charge is 0.416 e. The van der Waals surface area contributed by atoms with Crippen molar-refractivity contribution in [3.63, 3.8) is 0 Å². The van der Waals surface area contributed by atoms with Gasteiger partial charge in [-0.15, -0.1) is 0 Å². The highest BCUT2D eigenvalue weighted by atomic mass is 35.5. The number of carbonyl (C=O) groups excluding carboxylic acids is 3. The van der Waals surface area contributed by atoms with E-state index < -0.39 is 23.6 Å². The van der Waals surface area contributed by atoms with Crippen LogP contribution < -0.4 is 5.32 Å². The van der Waals surface area contributed by atoms with Gasteiger partial charge in [0.15, 0.2) is 0 Å². The first kappa shape index (κ1) is 22.1. The lowest BCUT2D eigenvalue weighted by Crippen LogP contribution is -2.44. The molecule has 0 unspecified atom stereocenters. The lowest BCUT2D eigenvalue weighted by atomic mass is 9.63. The molecule has 6 aliphatic rings. The Balaban J connectivity index is 1.11. The Kier molecular flexibility index (Phi) is 4.93. The van der Waals surface area contributed by atoms with Gasteiger partial charge in [0.2, 0.25) is 17.7 Å². The van der Waals surface area contributed by atoms with Crippen LogP contribution in [0.2, 0.25) is 5.02 Å². The monoisotopic (exact) mass is 492 g/mol. The molecule has 9 heteroatoms. The Morgan fingerprint density at radius 2 is 1.56 bits per heavy atom. The number of hydrogen-bond acceptors (Lipinski definition) is 3. The molecular weight excluding hydrogens is 469 g/mol. The second-order valence-corrected chi connectivity index (χ2v) is 10.8. The topological polar surface area (TPSA) is 66.5 Å². The van der Waals surface area contributed by atoms with Crippen LogP contribution in [0, 0.1) is 41.4 Å². The number of carbonyl (C=O) groups is 3. The number of nitrogens with one attached hydrogen (secondary N) is 1. The first-order chi connectivity index (χ1) is 16.1. The van der Waals surface area contributed by atoms with E-state index in [9.17, 15) is 27.6 Å². The number of benzene rings is 1. The van der Waals surface area contributed by atoms with Crippen molar-refractivity contribution in [1.82, 2.24) is 4.90 Å². The molecule has 7 rings (SSSR count). The van der Waals surface area contributed by atoms with Crippen LogP contribution in [0.3, 0.4) is 0 Å². The summed E-state index contributed by atoms with van der Waals surface area (Å²) in [7, 11) is 0. The van der Waals surface area contributed by atoms with Gasteiger partial charge in [-0.1, -0.05) is 23.8 Å². The molecule has 1 aliphatic heterocycles. The quantitative estimate of drug-likeness (QED) is 0.481. The smallest absolute Gasteiger partial charge is 0.325 e. The Bertz CT molecular complexity index is 1080. The first-order valence-corrected chi connectivity index (χ1v) is 12.3. The van der Waals surface area contributed by atoms with E-state index in [0.717, 1.165) is 24.6 Å². The van der Waals surface area contributed by atoms with E-state index in [1.807, 2.05) is 0 Å². The van der Waals surface area contributed by atoms with E-state index in [1.165, 1.54) is 4.90 Å². The highest BCUT2D eigenvalue weighted by Crippen LogP contribution is 2.65. The van der Waals surface area contributed by atoms with Crippen LogP contribution >= 0.6 is 11.6 Å². The van der Waals surface area contributed by atoms with Crippen molar-refractivity contribution in [2.24, 2.45) is 41.4 Å². The molecule has 1 saturated heterocycles. The zero-order valence-electron chi connectivity index (χ0n) is 18.2. The van der Waals surface area contributed by atoms with Crippen molar-refractivity contribution < 1.29 is 27.6 Å². The molecule has 0 aromatic heterocycles. The van der Waals surface area contributed by atoms with Crippen LogP contribution in [0.1, 0.15) is 37.7 Å². The highest BCUT2D eigenvalue weighted by Gasteiger charge is 2.67. The van der Waals surface area contributed by atoms with Gasteiger partial charge in [-0.05, 0) is 74.0 Å². The zero-order chi connectivity index (χ0) is 23.9. The molecule has 1 heterocycles. The van der Waals surface area contributed by atoms with Crippen molar-refractivity contribution in [2.45, 2.75) is 44.3 Å². The molecule has 4 fully saturated rings. The third-order valence-corrected chi connectivity index (χ3v) is 9.01. The summed E-state index contributed by atoms with van der Waals surface area (Å²) < 4.78 is 39.0. The number of hydrogen-bond donors (Lipinski definition) is 1. The summed E-state index contributed by atoms with van der Waals surface area (Å²) in [6.07, 6.45) is 2.81. The maximum Gasteiger partial charge on any atom is 0.416 e. The summed E-state index contributed by atoms with van der Waals surface area (Å²) >= 11 is 6.00. The Morgan fingerprint density at radius 1 is 0.971 bits per heavy atom. The normalized spacial score (nSPS) is 38.1. The minimum absolute atomic E-state index is 0.0344. The molecule has 1 aromatic rings. The standard InChI is InChI=1S/C25H24ClF3N2O3/c26-18-8-3-12(25(27,28)29)9-19(18)30-22(32)11-1-4-13(5-2-11)31-23(33)20-14-6-7-15(17-10-16(14)17)21(20)24(31)34/h3,6-9,11,13-17,20-21H,1-2,4-5,10H2,(H,30,32)/t11?,13?,14-,15+,16-,17-,20+,21+/m1/s1. The van der Waals surface area contributed by atoms with Gasteiger partial charge in [-0.2, -0.15) is 13.2 Å². The highest BCUT2D eigenvalue weighted by molar-refractivity contribution is 6.33. The number of anilines is 1. The fourth-order valence-corrected chi connectivity index (χ4v) is 7.13. The van der Waals surface area contributed by atoms with E-state index in [0.29, 0.717) is 37.5 Å². The first-order valence-electron chi connectivity index (χ1n) is 11.9. The van der Waals surface area contributed by atoms with Crippen LogP contribution in [-0.4, -0.2) is 28.7 Å². The van der Waals surface area contributed by atoms with Gasteiger partial charge in [0.05, 0.1) is 28.1 Å². The number of amides is 3. The van der Waals surface area contributed by atoms with Crippen LogP contribution in [0.25, 0.3) is 0 Å². The average Bonchev–Trinajstić information content (AvgIpc) is 3.58. The lowest BCUT2D eigenvalue weighted by Gasteiger charge is -2.37. The lowest BCUT2D eigenvalue weighted by molar-refractivity contribution is -0.144. The van der Waals surface area contributed by atoms with Gasteiger partial charge >= 0.3 is 6.18 Å². The molecule has 5 aliphatic carbocycles. The average molecular weight is 493 g/mol. The number of nitrogens with zero attached hydrogens (tertiary/aromatic N) is 1. The third kappa shape index (κ3) is 3.32. The number of imide groups is 1. The minimum atomic E-state index is -4.54. The van der Waals surface area contributed by atoms with E-state index in [-0.39, 0.29) is 52.2 Å². The van der Waals surface area contributed by atoms with Crippen molar-refractivity contribution in [3.8, 4) is 0 Å². The number of likely N-dealkylation sites (tertiary alicyclic amines) is 1. The van der Waals surface area contributed by atoms with Gasteiger partial charge in [0.25, 0.3) is 0 Å². The summed E-state index contributed by atoms with van der Waals surface area (Å²) in [5, 5.41) is 2.57. The molecule has 180 valence electrons. The van der Waals surface area contributed by atoms with Crippen molar-refractivity contribution in [3.05, 3.63) is 40.9 Å². The number of allylic oxidation sites excluding steroid dienone is 2. The summed E-state index contributed by atoms with van der Waals surface area (Å²) in [6, 6.07) is 2.60. The van der Waals surface area contributed by atoms with Crippen LogP contribution in [-0.2, 0) is 20.6 Å². The molecule has 1 N–H and O–H groups in total. The van der Waals surface area contributed by atoms with E-state index in [2.05, 4.69) is 17.5 Å². The predicted molar refractivity (Wildman–Crippen MR) is 117 cm³/mol. The second kappa shape index (κ2) is 7.57. The van der Waals surface area contributed by atoms with Gasteiger partial charge in [0.1, 0.15) is 0 Å². The molecule has 6 atom stereocenters. The predicted octanol–water partition coefficient (Wildman–Crippen LogP) is 4.91. The number of alkyl halides is 3. The summed E-state index contributed by atoms with van der Waals surface area (Å²) in [5.41, 5.74) is -0.955. The van der Waals surface area contributed by atoms with Crippen LogP contribution in [0.5, 0.6) is 0 Å². The summed E-state index contributed by atoms with van der Waals surface area (Å²) in [6.45, 7) is 0. The number of halogens is 4. The fourth-order valence-electron chi connectivity index (χ4n) is 6.97. The van der Waals surface area contributed by atoms with E-state index >= 15 is 0 Å².